The molecule has 3 N–H and O–H groups in total. The maximum atomic E-state index is 10.8. The normalized spacial score (nSPS) is 17.3. The first-order valence-corrected chi connectivity index (χ1v) is 9.91. The maximum absolute atomic E-state index is 10.8. The van der Waals surface area contributed by atoms with Gasteiger partial charge in [-0.1, -0.05) is 12.1 Å². The van der Waals surface area contributed by atoms with E-state index in [2.05, 4.69) is 6.07 Å². The molecule has 2 atom stereocenters. The topological polar surface area (TPSA) is 91.0 Å². The molecule has 1 heterocycles. The SMILES string of the molecule is COc1ccc([C@H](C)N)cc1OC.O=C(O)C[C@@H]1CCc2ccc3c(c21)CCO3. The van der Waals surface area contributed by atoms with Crippen LogP contribution in [0.5, 0.6) is 17.2 Å². The Balaban J connectivity index is 0.000000170. The van der Waals surface area contributed by atoms with Crippen LogP contribution in [0.25, 0.3) is 0 Å². The number of hydrogen-bond acceptors (Lipinski definition) is 5. The number of methoxy groups -OCH3 is 2. The van der Waals surface area contributed by atoms with E-state index in [0.717, 1.165) is 48.7 Å². The zero-order chi connectivity index (χ0) is 21.0. The van der Waals surface area contributed by atoms with Gasteiger partial charge in [0.1, 0.15) is 5.75 Å². The molecule has 156 valence electrons. The summed E-state index contributed by atoms with van der Waals surface area (Å²) >= 11 is 0. The molecular formula is C23H29NO5. The lowest BCUT2D eigenvalue weighted by Crippen LogP contribution is -2.05. The first kappa shape index (κ1) is 21.0. The number of carboxylic acids is 1. The molecule has 6 nitrogen and oxygen atoms in total. The first-order valence-electron chi connectivity index (χ1n) is 9.91. The predicted molar refractivity (Wildman–Crippen MR) is 111 cm³/mol. The van der Waals surface area contributed by atoms with Gasteiger partial charge in [0, 0.05) is 18.0 Å². The van der Waals surface area contributed by atoms with Gasteiger partial charge in [-0.05, 0) is 60.6 Å². The molecule has 0 unspecified atom stereocenters. The van der Waals surface area contributed by atoms with Crippen molar-refractivity contribution in [2.45, 2.75) is 44.6 Å². The minimum atomic E-state index is -0.700. The highest BCUT2D eigenvalue weighted by Crippen LogP contribution is 2.43. The van der Waals surface area contributed by atoms with Crippen molar-refractivity contribution in [3.8, 4) is 17.2 Å². The first-order chi connectivity index (χ1) is 13.9. The molecule has 0 amide bonds. The average molecular weight is 399 g/mol. The summed E-state index contributed by atoms with van der Waals surface area (Å²) in [6.07, 6.45) is 3.18. The number of carbonyl (C=O) groups is 1. The van der Waals surface area contributed by atoms with Crippen LogP contribution in [0, 0.1) is 0 Å². The molecule has 2 aliphatic rings. The highest BCUT2D eigenvalue weighted by Gasteiger charge is 2.30. The third kappa shape index (κ3) is 4.65. The quantitative estimate of drug-likeness (QED) is 0.794. The Hall–Kier alpha value is -2.73. The third-order valence-electron chi connectivity index (χ3n) is 5.54. The van der Waals surface area contributed by atoms with Crippen LogP contribution in [0.4, 0.5) is 0 Å². The Morgan fingerprint density at radius 1 is 1.21 bits per heavy atom. The fourth-order valence-electron chi connectivity index (χ4n) is 4.10. The minimum Gasteiger partial charge on any atom is -0.493 e. The summed E-state index contributed by atoms with van der Waals surface area (Å²) < 4.78 is 15.8. The molecule has 0 saturated carbocycles. The summed E-state index contributed by atoms with van der Waals surface area (Å²) in [6.45, 7) is 2.67. The Labute approximate surface area is 171 Å². The Morgan fingerprint density at radius 3 is 2.62 bits per heavy atom. The number of ether oxygens (including phenoxy) is 3. The zero-order valence-electron chi connectivity index (χ0n) is 17.2. The van der Waals surface area contributed by atoms with Gasteiger partial charge < -0.3 is 25.1 Å². The summed E-state index contributed by atoms with van der Waals surface area (Å²) in [5.74, 6) is 1.92. The number of aliphatic carboxylic acids is 1. The summed E-state index contributed by atoms with van der Waals surface area (Å²) in [5, 5.41) is 8.92. The lowest BCUT2D eigenvalue weighted by Gasteiger charge is -2.12. The van der Waals surface area contributed by atoms with Crippen LogP contribution in [-0.4, -0.2) is 31.9 Å². The summed E-state index contributed by atoms with van der Waals surface area (Å²) in [7, 11) is 3.23. The fraction of sp³-hybridized carbons (Fsp3) is 0.435. The van der Waals surface area contributed by atoms with E-state index in [1.165, 1.54) is 16.7 Å². The van der Waals surface area contributed by atoms with Gasteiger partial charge >= 0.3 is 5.97 Å². The van der Waals surface area contributed by atoms with Gasteiger partial charge in [0.15, 0.2) is 11.5 Å². The molecule has 0 aromatic heterocycles. The number of aryl methyl sites for hydroxylation is 1. The summed E-state index contributed by atoms with van der Waals surface area (Å²) in [4.78, 5) is 10.8. The molecule has 1 aliphatic carbocycles. The van der Waals surface area contributed by atoms with E-state index in [-0.39, 0.29) is 18.4 Å². The Bertz CT molecular complexity index is 878. The molecule has 0 bridgehead atoms. The average Bonchev–Trinajstić information content (AvgIpc) is 3.34. The van der Waals surface area contributed by atoms with Crippen molar-refractivity contribution >= 4 is 5.97 Å². The predicted octanol–water partition coefficient (Wildman–Crippen LogP) is 3.85. The van der Waals surface area contributed by atoms with Crippen LogP contribution in [0.1, 0.15) is 54.0 Å². The van der Waals surface area contributed by atoms with E-state index in [9.17, 15) is 4.79 Å². The Kier molecular flexibility index (Phi) is 6.64. The van der Waals surface area contributed by atoms with Crippen molar-refractivity contribution in [2.75, 3.05) is 20.8 Å². The lowest BCUT2D eigenvalue weighted by atomic mass is 9.92. The molecule has 2 aromatic carbocycles. The van der Waals surface area contributed by atoms with Gasteiger partial charge in [-0.25, -0.2) is 0 Å². The van der Waals surface area contributed by atoms with Crippen molar-refractivity contribution in [1.29, 1.82) is 0 Å². The maximum Gasteiger partial charge on any atom is 0.303 e. The van der Waals surface area contributed by atoms with Gasteiger partial charge in [-0.3, -0.25) is 4.79 Å². The minimum absolute atomic E-state index is 0.0137. The second-order valence-corrected chi connectivity index (χ2v) is 7.45. The third-order valence-corrected chi connectivity index (χ3v) is 5.54. The highest BCUT2D eigenvalue weighted by atomic mass is 16.5. The second-order valence-electron chi connectivity index (χ2n) is 7.45. The van der Waals surface area contributed by atoms with Crippen molar-refractivity contribution < 1.29 is 24.1 Å². The molecule has 0 fully saturated rings. The molecular weight excluding hydrogens is 370 g/mol. The van der Waals surface area contributed by atoms with Crippen LogP contribution in [-0.2, 0) is 17.6 Å². The number of benzene rings is 2. The largest absolute Gasteiger partial charge is 0.493 e. The molecule has 2 aromatic rings. The molecule has 0 radical (unpaired) electrons. The van der Waals surface area contributed by atoms with E-state index in [0.29, 0.717) is 0 Å². The van der Waals surface area contributed by atoms with E-state index in [4.69, 9.17) is 25.1 Å². The van der Waals surface area contributed by atoms with E-state index in [1.807, 2.05) is 31.2 Å². The molecule has 0 saturated heterocycles. The molecule has 1 aliphatic heterocycles. The van der Waals surface area contributed by atoms with Crippen LogP contribution < -0.4 is 19.9 Å². The highest BCUT2D eigenvalue weighted by molar-refractivity contribution is 5.69. The Morgan fingerprint density at radius 2 is 1.97 bits per heavy atom. The van der Waals surface area contributed by atoms with Gasteiger partial charge in [0.05, 0.1) is 27.2 Å². The van der Waals surface area contributed by atoms with Crippen molar-refractivity contribution in [1.82, 2.24) is 0 Å². The van der Waals surface area contributed by atoms with Gasteiger partial charge in [0.25, 0.3) is 0 Å². The van der Waals surface area contributed by atoms with Gasteiger partial charge in [-0.2, -0.15) is 0 Å². The number of hydrogen-bond donors (Lipinski definition) is 2. The number of carboxylic acid groups (broad SMARTS) is 1. The lowest BCUT2D eigenvalue weighted by molar-refractivity contribution is -0.137. The van der Waals surface area contributed by atoms with Crippen LogP contribution in [0.3, 0.4) is 0 Å². The smallest absolute Gasteiger partial charge is 0.303 e. The second kappa shape index (κ2) is 9.18. The van der Waals surface area contributed by atoms with Crippen molar-refractivity contribution in [2.24, 2.45) is 5.73 Å². The van der Waals surface area contributed by atoms with Crippen LogP contribution in [0.2, 0.25) is 0 Å². The van der Waals surface area contributed by atoms with Gasteiger partial charge in [0.2, 0.25) is 0 Å². The molecule has 0 spiro atoms. The summed E-state index contributed by atoms with van der Waals surface area (Å²) in [6, 6.07) is 9.83. The summed E-state index contributed by atoms with van der Waals surface area (Å²) in [5.41, 5.74) is 10.6. The van der Waals surface area contributed by atoms with Gasteiger partial charge in [-0.15, -0.1) is 0 Å². The molecule has 29 heavy (non-hydrogen) atoms. The number of rotatable bonds is 5. The number of fused-ring (bicyclic) bond motifs is 3. The van der Waals surface area contributed by atoms with Crippen molar-refractivity contribution in [3.05, 3.63) is 52.6 Å². The standard InChI is InChI=1S/C13H14O3.C10H15NO2/c14-12(15)7-9-2-1-8-3-4-11-10(13(8)9)5-6-16-11;1-7(11)8-4-5-9(12-2)10(6-8)13-3/h3-4,9H,1-2,5-7H2,(H,14,15);4-7H,11H2,1-3H3/t9-;7-/m00/s1. The zero-order valence-corrected chi connectivity index (χ0v) is 17.2. The monoisotopic (exact) mass is 399 g/mol. The van der Waals surface area contributed by atoms with Crippen LogP contribution >= 0.6 is 0 Å². The fourth-order valence-corrected chi connectivity index (χ4v) is 4.10. The molecule has 4 rings (SSSR count). The van der Waals surface area contributed by atoms with Crippen molar-refractivity contribution in [3.63, 3.8) is 0 Å². The molecule has 6 heteroatoms. The van der Waals surface area contributed by atoms with Crippen LogP contribution in [0.15, 0.2) is 30.3 Å². The van der Waals surface area contributed by atoms with E-state index < -0.39 is 5.97 Å². The number of nitrogens with two attached hydrogens (primary N) is 1. The van der Waals surface area contributed by atoms with E-state index in [1.54, 1.807) is 14.2 Å². The van der Waals surface area contributed by atoms with E-state index >= 15 is 0 Å².